The van der Waals surface area contributed by atoms with Gasteiger partial charge in [0.25, 0.3) is 0 Å². The minimum Gasteiger partial charge on any atom is -0.490 e. The first-order valence-corrected chi connectivity index (χ1v) is 8.21. The molecule has 114 valence electrons. The largest absolute Gasteiger partial charge is 0.490 e. The van der Waals surface area contributed by atoms with Gasteiger partial charge in [-0.25, -0.2) is 18.5 Å². The molecule has 0 amide bonds. The van der Waals surface area contributed by atoms with Gasteiger partial charge in [0.15, 0.2) is 0 Å². The van der Waals surface area contributed by atoms with E-state index in [0.717, 1.165) is 5.82 Å². The summed E-state index contributed by atoms with van der Waals surface area (Å²) in [5, 5.41) is 5.13. The summed E-state index contributed by atoms with van der Waals surface area (Å²) in [5.41, 5.74) is 0. The lowest BCUT2D eigenvalue weighted by atomic mass is 10.3. The second kappa shape index (κ2) is 6.23. The van der Waals surface area contributed by atoms with Gasteiger partial charge in [0.2, 0.25) is 10.0 Å². The highest BCUT2D eigenvalue weighted by atomic mass is 35.5. The molecule has 9 heteroatoms. The van der Waals surface area contributed by atoms with Crippen LogP contribution in [0.15, 0.2) is 29.4 Å². The van der Waals surface area contributed by atoms with E-state index in [0.29, 0.717) is 18.9 Å². The first-order chi connectivity index (χ1) is 9.79. The molecule has 0 aliphatic heterocycles. The number of hydrogen-bond acceptors (Lipinski definition) is 4. The molecule has 0 atom stereocenters. The van der Waals surface area contributed by atoms with Crippen molar-refractivity contribution >= 4 is 33.2 Å². The topological polar surface area (TPSA) is 87.2 Å². The summed E-state index contributed by atoms with van der Waals surface area (Å²) in [6.45, 7) is 2.80. The van der Waals surface area contributed by atoms with E-state index in [1.165, 1.54) is 12.1 Å². The average Bonchev–Trinajstić information content (AvgIpc) is 2.77. The predicted octanol–water partition coefficient (Wildman–Crippen LogP) is 2.22. The van der Waals surface area contributed by atoms with Crippen LogP contribution in [0.5, 0.6) is 5.75 Å². The van der Waals surface area contributed by atoms with Crippen LogP contribution in [-0.2, 0) is 16.6 Å². The molecule has 0 spiro atoms. The molecule has 0 unspecified atom stereocenters. The quantitative estimate of drug-likeness (QED) is 0.896. The van der Waals surface area contributed by atoms with Gasteiger partial charge in [-0.3, -0.25) is 0 Å². The lowest BCUT2D eigenvalue weighted by Gasteiger charge is -2.11. The standard InChI is InChI=1S/C12H13Cl2N3O3S/c1-8-16-2-3-17(8)4-5-20-11-6-10(14)12(7-9(11)13)21(15,18)19/h2-3,6-7H,4-5H2,1H3,(H2,15,18,19). The van der Waals surface area contributed by atoms with E-state index in [2.05, 4.69) is 4.98 Å². The number of primary sulfonamides is 1. The lowest BCUT2D eigenvalue weighted by Crippen LogP contribution is -2.13. The third-order valence-corrected chi connectivity index (χ3v) is 4.48. The first kappa shape index (κ1) is 16.1. The highest BCUT2D eigenvalue weighted by Crippen LogP contribution is 2.33. The maximum atomic E-state index is 11.3. The molecule has 2 aromatic rings. The van der Waals surface area contributed by atoms with Crippen LogP contribution in [0.2, 0.25) is 10.0 Å². The molecule has 0 radical (unpaired) electrons. The number of aryl methyl sites for hydroxylation is 1. The normalized spacial score (nSPS) is 11.6. The van der Waals surface area contributed by atoms with Gasteiger partial charge in [-0.15, -0.1) is 0 Å². The van der Waals surface area contributed by atoms with Crippen LogP contribution < -0.4 is 9.88 Å². The number of rotatable bonds is 5. The van der Waals surface area contributed by atoms with Crippen LogP contribution >= 0.6 is 23.2 Å². The fourth-order valence-corrected chi connectivity index (χ4v) is 3.10. The summed E-state index contributed by atoms with van der Waals surface area (Å²) in [4.78, 5) is 3.86. The molecule has 0 saturated heterocycles. The Bertz CT molecular complexity index is 759. The van der Waals surface area contributed by atoms with E-state index in [4.69, 9.17) is 33.1 Å². The molecule has 0 saturated carbocycles. The van der Waals surface area contributed by atoms with Crippen molar-refractivity contribution < 1.29 is 13.2 Å². The number of nitrogens with two attached hydrogens (primary N) is 1. The van der Waals surface area contributed by atoms with E-state index in [-0.39, 0.29) is 14.9 Å². The zero-order valence-corrected chi connectivity index (χ0v) is 13.4. The Hall–Kier alpha value is -1.28. The number of ether oxygens (including phenoxy) is 1. The Morgan fingerprint density at radius 2 is 2.05 bits per heavy atom. The molecule has 0 aliphatic rings. The third kappa shape index (κ3) is 3.88. The summed E-state index contributed by atoms with van der Waals surface area (Å²) >= 11 is 11.9. The number of benzene rings is 1. The van der Waals surface area contributed by atoms with Gasteiger partial charge in [0.1, 0.15) is 23.1 Å². The predicted molar refractivity (Wildman–Crippen MR) is 80.3 cm³/mol. The van der Waals surface area contributed by atoms with Gasteiger partial charge in [0.05, 0.1) is 16.6 Å². The average molecular weight is 350 g/mol. The molecule has 1 aromatic heterocycles. The van der Waals surface area contributed by atoms with Crippen molar-refractivity contribution in [3.05, 3.63) is 40.4 Å². The van der Waals surface area contributed by atoms with Gasteiger partial charge >= 0.3 is 0 Å². The van der Waals surface area contributed by atoms with Crippen LogP contribution in [0.3, 0.4) is 0 Å². The van der Waals surface area contributed by atoms with Crippen molar-refractivity contribution in [2.45, 2.75) is 18.4 Å². The SMILES string of the molecule is Cc1nccn1CCOc1cc(Cl)c(S(N)(=O)=O)cc1Cl. The molecule has 2 N–H and O–H groups in total. The molecular formula is C12H13Cl2N3O3S. The van der Waals surface area contributed by atoms with Crippen molar-refractivity contribution in [1.82, 2.24) is 9.55 Å². The van der Waals surface area contributed by atoms with Crippen molar-refractivity contribution in [2.24, 2.45) is 5.14 Å². The molecule has 1 heterocycles. The summed E-state index contributed by atoms with van der Waals surface area (Å²) < 4.78 is 30.0. The number of aromatic nitrogens is 2. The first-order valence-electron chi connectivity index (χ1n) is 5.91. The molecule has 2 rings (SSSR count). The highest BCUT2D eigenvalue weighted by molar-refractivity contribution is 7.89. The Kier molecular flexibility index (Phi) is 4.77. The molecule has 21 heavy (non-hydrogen) atoms. The minimum absolute atomic E-state index is 0.0317. The molecule has 6 nitrogen and oxygen atoms in total. The van der Waals surface area contributed by atoms with Gasteiger partial charge in [-0.2, -0.15) is 0 Å². The zero-order chi connectivity index (χ0) is 15.6. The van der Waals surface area contributed by atoms with Crippen molar-refractivity contribution in [2.75, 3.05) is 6.61 Å². The lowest BCUT2D eigenvalue weighted by molar-refractivity contribution is 0.297. The van der Waals surface area contributed by atoms with Crippen LogP contribution in [-0.4, -0.2) is 24.6 Å². The molecular weight excluding hydrogens is 337 g/mol. The number of halogens is 2. The zero-order valence-electron chi connectivity index (χ0n) is 11.1. The van der Waals surface area contributed by atoms with Crippen LogP contribution in [0.25, 0.3) is 0 Å². The fourth-order valence-electron chi connectivity index (χ4n) is 1.73. The van der Waals surface area contributed by atoms with E-state index >= 15 is 0 Å². The number of sulfonamides is 1. The van der Waals surface area contributed by atoms with Crippen molar-refractivity contribution in [3.63, 3.8) is 0 Å². The second-order valence-electron chi connectivity index (χ2n) is 4.27. The summed E-state index contributed by atoms with van der Waals surface area (Å²) in [6, 6.07) is 2.52. The minimum atomic E-state index is -3.92. The number of nitrogens with zero attached hydrogens (tertiary/aromatic N) is 2. The third-order valence-electron chi connectivity index (χ3n) is 2.81. The summed E-state index contributed by atoms with van der Waals surface area (Å²) in [5.74, 6) is 1.17. The van der Waals surface area contributed by atoms with E-state index in [1.807, 2.05) is 17.7 Å². The van der Waals surface area contributed by atoms with Crippen LogP contribution in [0.4, 0.5) is 0 Å². The Morgan fingerprint density at radius 1 is 1.33 bits per heavy atom. The van der Waals surface area contributed by atoms with Gasteiger partial charge < -0.3 is 9.30 Å². The van der Waals surface area contributed by atoms with E-state index in [9.17, 15) is 8.42 Å². The van der Waals surface area contributed by atoms with Gasteiger partial charge in [0, 0.05) is 18.5 Å². The smallest absolute Gasteiger partial charge is 0.239 e. The van der Waals surface area contributed by atoms with E-state index in [1.54, 1.807) is 6.20 Å². The van der Waals surface area contributed by atoms with E-state index < -0.39 is 10.0 Å². The summed E-state index contributed by atoms with van der Waals surface area (Å²) in [7, 11) is -3.92. The van der Waals surface area contributed by atoms with Gasteiger partial charge in [-0.05, 0) is 13.0 Å². The molecule has 0 aliphatic carbocycles. The van der Waals surface area contributed by atoms with Crippen molar-refractivity contribution in [1.29, 1.82) is 0 Å². The molecule has 1 aromatic carbocycles. The number of hydrogen-bond donors (Lipinski definition) is 1. The second-order valence-corrected chi connectivity index (χ2v) is 6.62. The maximum Gasteiger partial charge on any atom is 0.239 e. The van der Waals surface area contributed by atoms with Crippen LogP contribution in [0.1, 0.15) is 5.82 Å². The Morgan fingerprint density at radius 3 is 2.62 bits per heavy atom. The Labute approximate surface area is 132 Å². The maximum absolute atomic E-state index is 11.3. The van der Waals surface area contributed by atoms with Gasteiger partial charge in [-0.1, -0.05) is 23.2 Å². The van der Waals surface area contributed by atoms with Crippen molar-refractivity contribution in [3.8, 4) is 5.75 Å². The molecule has 0 fully saturated rings. The summed E-state index contributed by atoms with van der Waals surface area (Å²) in [6.07, 6.45) is 3.53. The Balaban J connectivity index is 2.11. The molecule has 0 bridgehead atoms. The fraction of sp³-hybridized carbons (Fsp3) is 0.250. The van der Waals surface area contributed by atoms with Crippen LogP contribution in [0, 0.1) is 6.92 Å². The number of imidazole rings is 1. The highest BCUT2D eigenvalue weighted by Gasteiger charge is 2.16. The monoisotopic (exact) mass is 349 g/mol.